The molecular formula is C23H28FN9O. The van der Waals surface area contributed by atoms with E-state index in [1.54, 1.807) is 17.2 Å². The van der Waals surface area contributed by atoms with Crippen LogP contribution in [0.4, 0.5) is 27.7 Å². The van der Waals surface area contributed by atoms with Crippen LogP contribution in [0.1, 0.15) is 12.8 Å². The Morgan fingerprint density at radius 1 is 1.24 bits per heavy atom. The quantitative estimate of drug-likeness (QED) is 0.468. The minimum atomic E-state index is -0.591. The van der Waals surface area contributed by atoms with Crippen molar-refractivity contribution in [2.45, 2.75) is 18.9 Å². The molecule has 2 fully saturated rings. The van der Waals surface area contributed by atoms with Crippen LogP contribution in [-0.4, -0.2) is 83.0 Å². The normalized spacial score (nSPS) is 18.4. The lowest BCUT2D eigenvalue weighted by molar-refractivity contribution is -0.127. The summed E-state index contributed by atoms with van der Waals surface area (Å²) in [5.74, 6) is 0.209. The van der Waals surface area contributed by atoms with Crippen LogP contribution in [0.2, 0.25) is 0 Å². The first kappa shape index (κ1) is 23.4. The summed E-state index contributed by atoms with van der Waals surface area (Å²) in [6, 6.07) is 5.46. The highest BCUT2D eigenvalue weighted by atomic mass is 19.1. The van der Waals surface area contributed by atoms with Crippen molar-refractivity contribution in [1.29, 1.82) is 5.26 Å². The summed E-state index contributed by atoms with van der Waals surface area (Å²) in [4.78, 5) is 31.2. The molecule has 2 saturated heterocycles. The molecule has 2 aliphatic heterocycles. The molecule has 0 bridgehead atoms. The van der Waals surface area contributed by atoms with Crippen molar-refractivity contribution in [3.05, 3.63) is 42.5 Å². The molecule has 2 N–H and O–H groups in total. The van der Waals surface area contributed by atoms with Crippen molar-refractivity contribution >= 4 is 29.2 Å². The molecule has 0 aromatic carbocycles. The number of amides is 1. The summed E-state index contributed by atoms with van der Waals surface area (Å²) < 4.78 is 14.3. The molecule has 34 heavy (non-hydrogen) atoms. The number of nitriles is 1. The third kappa shape index (κ3) is 5.40. The average Bonchev–Trinajstić information content (AvgIpc) is 3.33. The van der Waals surface area contributed by atoms with Crippen LogP contribution in [0.5, 0.6) is 0 Å². The third-order valence-electron chi connectivity index (χ3n) is 6.11. The van der Waals surface area contributed by atoms with Crippen molar-refractivity contribution in [3.63, 3.8) is 0 Å². The van der Waals surface area contributed by atoms with Gasteiger partial charge in [0, 0.05) is 45.3 Å². The molecule has 178 valence electrons. The zero-order valence-electron chi connectivity index (χ0n) is 19.2. The second-order valence-corrected chi connectivity index (χ2v) is 8.48. The number of rotatable bonds is 7. The third-order valence-corrected chi connectivity index (χ3v) is 6.11. The van der Waals surface area contributed by atoms with E-state index in [1.807, 2.05) is 12.1 Å². The number of halogens is 1. The number of carbonyl (C=O) groups is 1. The Labute approximate surface area is 198 Å². The monoisotopic (exact) mass is 465 g/mol. The summed E-state index contributed by atoms with van der Waals surface area (Å²) in [5.41, 5.74) is 0.594. The zero-order valence-corrected chi connectivity index (χ0v) is 19.2. The number of nitrogens with one attached hydrogen (secondary N) is 2. The zero-order chi connectivity index (χ0) is 24.1. The predicted octanol–water partition coefficient (Wildman–Crippen LogP) is 1.99. The van der Waals surface area contributed by atoms with E-state index in [9.17, 15) is 9.18 Å². The van der Waals surface area contributed by atoms with Crippen molar-refractivity contribution in [2.75, 3.05) is 61.8 Å². The number of pyridine rings is 1. The number of nitrogens with zero attached hydrogens (tertiary/aromatic N) is 7. The maximum atomic E-state index is 14.3. The van der Waals surface area contributed by atoms with E-state index < -0.39 is 5.82 Å². The first-order valence-corrected chi connectivity index (χ1v) is 11.3. The van der Waals surface area contributed by atoms with Crippen LogP contribution in [0.15, 0.2) is 36.7 Å². The lowest BCUT2D eigenvalue weighted by Gasteiger charge is -2.33. The summed E-state index contributed by atoms with van der Waals surface area (Å²) in [6.45, 7) is 8.21. The minimum absolute atomic E-state index is 0.0397. The van der Waals surface area contributed by atoms with Crippen LogP contribution in [0, 0.1) is 17.1 Å². The van der Waals surface area contributed by atoms with E-state index in [0.29, 0.717) is 18.8 Å². The van der Waals surface area contributed by atoms with E-state index in [2.05, 4.69) is 49.0 Å². The van der Waals surface area contributed by atoms with Gasteiger partial charge in [-0.15, -0.1) is 0 Å². The lowest BCUT2D eigenvalue weighted by atomic mass is 10.2. The number of aromatic nitrogens is 3. The molecule has 4 rings (SSSR count). The predicted molar refractivity (Wildman–Crippen MR) is 127 cm³/mol. The Morgan fingerprint density at radius 3 is 2.74 bits per heavy atom. The van der Waals surface area contributed by atoms with Gasteiger partial charge < -0.3 is 25.3 Å². The molecule has 2 aromatic rings. The summed E-state index contributed by atoms with van der Waals surface area (Å²) in [7, 11) is 2.11. The topological polar surface area (TPSA) is 113 Å². The molecule has 1 atom stereocenters. The smallest absolute Gasteiger partial charge is 0.264 e. The highest BCUT2D eigenvalue weighted by Gasteiger charge is 2.30. The lowest BCUT2D eigenvalue weighted by Crippen LogP contribution is -2.44. The first-order valence-electron chi connectivity index (χ1n) is 11.3. The van der Waals surface area contributed by atoms with Crippen LogP contribution < -0.4 is 15.5 Å². The number of piperazine rings is 1. The van der Waals surface area contributed by atoms with Crippen molar-refractivity contribution in [2.24, 2.45) is 0 Å². The molecule has 0 spiro atoms. The summed E-state index contributed by atoms with van der Waals surface area (Å²) >= 11 is 0. The Bertz CT molecular complexity index is 1080. The largest absolute Gasteiger partial charge is 0.365 e. The molecule has 0 saturated carbocycles. The van der Waals surface area contributed by atoms with E-state index in [1.165, 1.54) is 0 Å². The van der Waals surface area contributed by atoms with Gasteiger partial charge in [-0.1, -0.05) is 6.58 Å². The second kappa shape index (κ2) is 10.4. The molecule has 10 nitrogen and oxygen atoms in total. The van der Waals surface area contributed by atoms with Crippen LogP contribution >= 0.6 is 0 Å². The standard InChI is InChI=1S/C23H28FN9O/c1-16(12-25)22(34)33-7-3-4-18(33)14-27-21-19(24)15-28-23(30-21)29-17-5-6-20(26-13-17)32-10-8-31(2)9-11-32/h5-6,13,15,18H,1,3-4,7-11,14H2,2H3,(H2,27,28,29,30). The molecule has 2 aliphatic rings. The van der Waals surface area contributed by atoms with Crippen LogP contribution in [0.3, 0.4) is 0 Å². The number of carbonyl (C=O) groups excluding carboxylic acids is 1. The van der Waals surface area contributed by atoms with Gasteiger partial charge in [-0.3, -0.25) is 4.79 Å². The van der Waals surface area contributed by atoms with Crippen molar-refractivity contribution in [3.8, 4) is 6.07 Å². The number of likely N-dealkylation sites (tertiary alicyclic amines) is 1. The van der Waals surface area contributed by atoms with Crippen molar-refractivity contribution < 1.29 is 9.18 Å². The second-order valence-electron chi connectivity index (χ2n) is 8.48. The van der Waals surface area contributed by atoms with Crippen LogP contribution in [0.25, 0.3) is 0 Å². The molecule has 4 heterocycles. The fraction of sp³-hybridized carbons (Fsp3) is 0.435. The van der Waals surface area contributed by atoms with E-state index in [-0.39, 0.29) is 29.3 Å². The van der Waals surface area contributed by atoms with Gasteiger partial charge in [-0.05, 0) is 32.0 Å². The number of hydrogen-bond donors (Lipinski definition) is 2. The molecule has 2 aromatic heterocycles. The minimum Gasteiger partial charge on any atom is -0.365 e. The van der Waals surface area contributed by atoms with Gasteiger partial charge in [-0.2, -0.15) is 10.2 Å². The molecule has 0 aliphatic carbocycles. The maximum Gasteiger partial charge on any atom is 0.264 e. The number of likely N-dealkylation sites (N-methyl/N-ethyl adjacent to an activating group) is 1. The molecule has 0 radical (unpaired) electrons. The highest BCUT2D eigenvalue weighted by Crippen LogP contribution is 2.22. The Hall–Kier alpha value is -3.78. The Balaban J connectivity index is 1.37. The Kier molecular flexibility index (Phi) is 7.18. The molecule has 1 amide bonds. The van der Waals surface area contributed by atoms with Gasteiger partial charge in [-0.25, -0.2) is 14.4 Å². The molecular weight excluding hydrogens is 437 g/mol. The van der Waals surface area contributed by atoms with Gasteiger partial charge in [0.15, 0.2) is 11.6 Å². The summed E-state index contributed by atoms with van der Waals surface area (Å²) in [5, 5.41) is 15.0. The van der Waals surface area contributed by atoms with Crippen LogP contribution in [-0.2, 0) is 4.79 Å². The van der Waals surface area contributed by atoms with E-state index in [4.69, 9.17) is 5.26 Å². The first-order chi connectivity index (χ1) is 16.4. The van der Waals surface area contributed by atoms with Gasteiger partial charge in [0.1, 0.15) is 17.5 Å². The number of anilines is 4. The SMILES string of the molecule is C=C(C#N)C(=O)N1CCCC1CNc1nc(Nc2ccc(N3CCN(C)CC3)nc2)ncc1F. The summed E-state index contributed by atoms with van der Waals surface area (Å²) in [6.07, 6.45) is 4.36. The maximum absolute atomic E-state index is 14.3. The molecule has 11 heteroatoms. The average molecular weight is 466 g/mol. The van der Waals surface area contributed by atoms with Gasteiger partial charge in [0.25, 0.3) is 5.91 Å². The Morgan fingerprint density at radius 2 is 2.03 bits per heavy atom. The van der Waals surface area contributed by atoms with E-state index >= 15 is 0 Å². The van der Waals surface area contributed by atoms with Gasteiger partial charge >= 0.3 is 0 Å². The van der Waals surface area contributed by atoms with E-state index in [0.717, 1.165) is 51.0 Å². The fourth-order valence-electron chi connectivity index (χ4n) is 4.11. The number of hydrogen-bond acceptors (Lipinski definition) is 9. The van der Waals surface area contributed by atoms with Gasteiger partial charge in [0.2, 0.25) is 5.95 Å². The molecule has 1 unspecified atom stereocenters. The highest BCUT2D eigenvalue weighted by molar-refractivity contribution is 5.96. The van der Waals surface area contributed by atoms with Gasteiger partial charge in [0.05, 0.1) is 18.1 Å². The van der Waals surface area contributed by atoms with Crippen molar-refractivity contribution in [1.82, 2.24) is 24.8 Å². The fourth-order valence-corrected chi connectivity index (χ4v) is 4.11.